The van der Waals surface area contributed by atoms with Gasteiger partial charge in [-0.3, -0.25) is 9.35 Å². The molecular formula is C12H13NO5S. The van der Waals surface area contributed by atoms with Crippen molar-refractivity contribution in [3.05, 3.63) is 53.7 Å². The van der Waals surface area contributed by atoms with Crippen molar-refractivity contribution in [2.45, 2.75) is 6.92 Å². The van der Waals surface area contributed by atoms with Crippen LogP contribution >= 0.6 is 0 Å². The summed E-state index contributed by atoms with van der Waals surface area (Å²) in [5.41, 5.74) is 0.592. The smallest absolute Gasteiger partial charge is 0.268 e. The number of aromatic nitrogens is 1. The van der Waals surface area contributed by atoms with Gasteiger partial charge in [0.05, 0.1) is 12.5 Å². The highest BCUT2D eigenvalue weighted by atomic mass is 32.2. The van der Waals surface area contributed by atoms with Gasteiger partial charge in [-0.15, -0.1) is 0 Å². The maximum atomic E-state index is 11.7. The first-order valence-electron chi connectivity index (χ1n) is 5.22. The van der Waals surface area contributed by atoms with Gasteiger partial charge >= 0.3 is 0 Å². The van der Waals surface area contributed by atoms with E-state index in [0.29, 0.717) is 17.6 Å². The summed E-state index contributed by atoms with van der Waals surface area (Å²) in [5, 5.41) is 0. The number of nitrogens with zero attached hydrogens (tertiary/aromatic N) is 1. The predicted molar refractivity (Wildman–Crippen MR) is 68.6 cm³/mol. The monoisotopic (exact) mass is 283 g/mol. The van der Waals surface area contributed by atoms with Gasteiger partial charge in [0.2, 0.25) is 5.78 Å². The molecule has 0 aliphatic carbocycles. The summed E-state index contributed by atoms with van der Waals surface area (Å²) in [7, 11) is -3.67. The number of hydrogen-bond donors (Lipinski definition) is 1. The van der Waals surface area contributed by atoms with E-state index in [-0.39, 0.29) is 11.7 Å². The van der Waals surface area contributed by atoms with Gasteiger partial charge in [-0.25, -0.2) is 4.98 Å². The van der Waals surface area contributed by atoms with E-state index in [0.717, 1.165) is 0 Å². The summed E-state index contributed by atoms with van der Waals surface area (Å²) < 4.78 is 31.0. The highest BCUT2D eigenvalue weighted by Crippen LogP contribution is 2.09. The predicted octanol–water partition coefficient (Wildman–Crippen LogP) is 1.72. The molecule has 19 heavy (non-hydrogen) atoms. The number of oxazole rings is 1. The lowest BCUT2D eigenvalue weighted by atomic mass is 10.1. The van der Waals surface area contributed by atoms with E-state index in [4.69, 9.17) is 8.97 Å². The zero-order valence-electron chi connectivity index (χ0n) is 10.4. The quantitative estimate of drug-likeness (QED) is 0.665. The Hall–Kier alpha value is -1.99. The summed E-state index contributed by atoms with van der Waals surface area (Å²) in [6, 6.07) is 8.95. The third-order valence-corrected chi connectivity index (χ3v) is 1.85. The first kappa shape index (κ1) is 15.1. The Morgan fingerprint density at radius 2 is 1.79 bits per heavy atom. The van der Waals surface area contributed by atoms with Gasteiger partial charge in [-0.05, 0) is 6.92 Å². The summed E-state index contributed by atoms with van der Waals surface area (Å²) in [6.07, 6.45) is 2.25. The van der Waals surface area contributed by atoms with Crippen LogP contribution in [0.2, 0.25) is 0 Å². The van der Waals surface area contributed by atoms with E-state index in [2.05, 4.69) is 4.98 Å². The van der Waals surface area contributed by atoms with E-state index in [1.54, 1.807) is 19.1 Å². The van der Waals surface area contributed by atoms with E-state index < -0.39 is 10.1 Å². The second-order valence-corrected chi connectivity index (χ2v) is 5.17. The van der Waals surface area contributed by atoms with Crippen LogP contribution in [0.5, 0.6) is 0 Å². The van der Waals surface area contributed by atoms with E-state index in [1.165, 1.54) is 6.20 Å². The molecule has 0 atom stereocenters. The van der Waals surface area contributed by atoms with Crippen LogP contribution in [0.15, 0.2) is 40.9 Å². The van der Waals surface area contributed by atoms with Gasteiger partial charge in [-0.2, -0.15) is 8.42 Å². The highest BCUT2D eigenvalue weighted by Gasteiger charge is 2.13. The van der Waals surface area contributed by atoms with Gasteiger partial charge in [0.15, 0.2) is 0 Å². The Bertz CT molecular complexity index is 638. The highest BCUT2D eigenvalue weighted by molar-refractivity contribution is 7.85. The fraction of sp³-hybridized carbons (Fsp3) is 0.167. The molecule has 0 saturated carbocycles. The largest absolute Gasteiger partial charge is 0.439 e. The van der Waals surface area contributed by atoms with E-state index in [9.17, 15) is 13.2 Å². The normalized spacial score (nSPS) is 10.5. The van der Waals surface area contributed by atoms with Gasteiger partial charge < -0.3 is 4.42 Å². The van der Waals surface area contributed by atoms with Gasteiger partial charge in [0, 0.05) is 5.56 Å². The van der Waals surface area contributed by atoms with Gasteiger partial charge in [-0.1, -0.05) is 30.3 Å². The molecule has 2 rings (SSSR count). The second-order valence-electron chi connectivity index (χ2n) is 3.70. The standard InChI is InChI=1S/C11H9NO2.CH4O3S/c1-8-7-12-11(14-8)10(13)9-5-3-2-4-6-9;1-5(2,3)4/h2-7H,1H3;1H3,(H,2,3,4). The van der Waals surface area contributed by atoms with Crippen LogP contribution in [-0.2, 0) is 10.1 Å². The molecule has 1 aromatic carbocycles. The average Bonchev–Trinajstić information content (AvgIpc) is 2.74. The molecule has 0 bridgehead atoms. The maximum absolute atomic E-state index is 11.7. The number of rotatable bonds is 2. The Labute approximate surface area is 110 Å². The molecule has 1 heterocycles. The SMILES string of the molecule is CS(=O)(=O)O.Cc1cnc(C(=O)c2ccccc2)o1. The molecule has 0 unspecified atom stereocenters. The molecule has 6 nitrogen and oxygen atoms in total. The molecule has 0 saturated heterocycles. The number of benzene rings is 1. The third kappa shape index (κ3) is 5.94. The van der Waals surface area contributed by atoms with Crippen molar-refractivity contribution in [1.29, 1.82) is 0 Å². The van der Waals surface area contributed by atoms with Crippen LogP contribution < -0.4 is 0 Å². The van der Waals surface area contributed by atoms with Crippen LogP contribution in [0, 0.1) is 6.92 Å². The summed E-state index contributed by atoms with van der Waals surface area (Å²) >= 11 is 0. The Balaban J connectivity index is 0.000000312. The first-order valence-corrected chi connectivity index (χ1v) is 7.07. The topological polar surface area (TPSA) is 97.5 Å². The molecule has 1 N–H and O–H groups in total. The fourth-order valence-electron chi connectivity index (χ4n) is 1.17. The molecule has 0 spiro atoms. The Morgan fingerprint density at radius 3 is 2.21 bits per heavy atom. The minimum Gasteiger partial charge on any atom is -0.439 e. The van der Waals surface area contributed by atoms with Gasteiger partial charge in [0.1, 0.15) is 5.76 Å². The van der Waals surface area contributed by atoms with Crippen LogP contribution in [0.1, 0.15) is 22.0 Å². The molecular weight excluding hydrogens is 270 g/mol. The lowest BCUT2D eigenvalue weighted by molar-refractivity contribution is 0.100. The molecule has 2 aromatic rings. The lowest BCUT2D eigenvalue weighted by Gasteiger charge is -1.94. The van der Waals surface area contributed by atoms with Crippen LogP contribution in [0.3, 0.4) is 0 Å². The van der Waals surface area contributed by atoms with Crippen molar-refractivity contribution in [1.82, 2.24) is 4.98 Å². The van der Waals surface area contributed by atoms with Crippen molar-refractivity contribution in [3.8, 4) is 0 Å². The fourth-order valence-corrected chi connectivity index (χ4v) is 1.17. The van der Waals surface area contributed by atoms with E-state index >= 15 is 0 Å². The maximum Gasteiger partial charge on any atom is 0.268 e. The van der Waals surface area contributed by atoms with Crippen LogP contribution in [0.4, 0.5) is 0 Å². The number of aryl methyl sites for hydroxylation is 1. The zero-order valence-corrected chi connectivity index (χ0v) is 11.2. The minimum absolute atomic E-state index is 0.147. The number of ketones is 1. The third-order valence-electron chi connectivity index (χ3n) is 1.85. The lowest BCUT2D eigenvalue weighted by Crippen LogP contribution is -2.00. The first-order chi connectivity index (χ1) is 8.77. The summed E-state index contributed by atoms with van der Waals surface area (Å²) in [5.74, 6) is 0.608. The second kappa shape index (κ2) is 6.26. The van der Waals surface area contributed by atoms with Crippen LogP contribution in [-0.4, -0.2) is 30.0 Å². The molecule has 0 aliphatic heterocycles. The zero-order chi connectivity index (χ0) is 14.5. The average molecular weight is 283 g/mol. The Kier molecular flexibility index (Phi) is 4.96. The van der Waals surface area contributed by atoms with Crippen molar-refractivity contribution >= 4 is 15.9 Å². The van der Waals surface area contributed by atoms with Crippen molar-refractivity contribution in [2.75, 3.05) is 6.26 Å². The molecule has 0 fully saturated rings. The van der Waals surface area contributed by atoms with Gasteiger partial charge in [0.25, 0.3) is 16.0 Å². The number of hydrogen-bond acceptors (Lipinski definition) is 5. The molecule has 0 amide bonds. The van der Waals surface area contributed by atoms with Crippen molar-refractivity contribution < 1.29 is 22.2 Å². The molecule has 0 radical (unpaired) electrons. The number of carbonyl (C=O) groups excluding carboxylic acids is 1. The molecule has 102 valence electrons. The Morgan fingerprint density at radius 1 is 1.26 bits per heavy atom. The molecule has 0 aliphatic rings. The molecule has 7 heteroatoms. The van der Waals surface area contributed by atoms with Crippen molar-refractivity contribution in [2.24, 2.45) is 0 Å². The number of carbonyl (C=O) groups is 1. The molecule has 1 aromatic heterocycles. The summed E-state index contributed by atoms with van der Waals surface area (Å²) in [4.78, 5) is 15.6. The van der Waals surface area contributed by atoms with E-state index in [1.807, 2.05) is 18.2 Å². The minimum atomic E-state index is -3.67. The van der Waals surface area contributed by atoms with Crippen LogP contribution in [0.25, 0.3) is 0 Å². The summed E-state index contributed by atoms with van der Waals surface area (Å²) in [6.45, 7) is 1.76. The van der Waals surface area contributed by atoms with Crippen molar-refractivity contribution in [3.63, 3.8) is 0 Å².